The molecular formula is C11H11N3O3S. The van der Waals surface area contributed by atoms with E-state index in [1.54, 1.807) is 16.8 Å². The zero-order valence-corrected chi connectivity index (χ0v) is 10.1. The van der Waals surface area contributed by atoms with Crippen LogP contribution in [0.5, 0.6) is 0 Å². The maximum absolute atomic E-state index is 11.8. The fourth-order valence-electron chi connectivity index (χ4n) is 1.45. The molecule has 0 fully saturated rings. The minimum Gasteiger partial charge on any atom is -0.480 e. The molecular weight excluding hydrogens is 254 g/mol. The van der Waals surface area contributed by atoms with Crippen LogP contribution in [-0.4, -0.2) is 33.0 Å². The average Bonchev–Trinajstić information content (AvgIpc) is 3.00. The third kappa shape index (κ3) is 2.95. The lowest BCUT2D eigenvalue weighted by atomic mass is 10.1. The van der Waals surface area contributed by atoms with Crippen LogP contribution in [0.4, 0.5) is 0 Å². The number of nitrogens with one attached hydrogen (secondary N) is 2. The van der Waals surface area contributed by atoms with Crippen LogP contribution in [-0.2, 0) is 11.2 Å². The SMILES string of the molecule is O=C(NC(Cc1cnc[nH]1)C(=O)O)c1ccsc1. The van der Waals surface area contributed by atoms with Gasteiger partial charge in [-0.3, -0.25) is 4.79 Å². The zero-order valence-electron chi connectivity index (χ0n) is 9.29. The standard InChI is InChI=1S/C11H11N3O3S/c15-10(7-1-2-18-5-7)14-9(11(16)17)3-8-4-12-6-13-8/h1-2,4-6,9H,3H2,(H,12,13)(H,14,15)(H,16,17). The van der Waals surface area contributed by atoms with Gasteiger partial charge in [0.25, 0.3) is 5.91 Å². The first kappa shape index (κ1) is 12.3. The van der Waals surface area contributed by atoms with Gasteiger partial charge in [0, 0.05) is 23.7 Å². The van der Waals surface area contributed by atoms with Crippen LogP contribution >= 0.6 is 11.3 Å². The number of thiophene rings is 1. The summed E-state index contributed by atoms with van der Waals surface area (Å²) in [5.74, 6) is -1.46. The molecule has 0 aliphatic carbocycles. The van der Waals surface area contributed by atoms with Crippen LogP contribution in [0.25, 0.3) is 0 Å². The fourth-order valence-corrected chi connectivity index (χ4v) is 2.09. The topological polar surface area (TPSA) is 95.1 Å². The van der Waals surface area contributed by atoms with Gasteiger partial charge in [0.1, 0.15) is 6.04 Å². The third-order valence-corrected chi connectivity index (χ3v) is 3.05. The first-order valence-corrected chi connectivity index (χ1v) is 6.14. The predicted octanol–water partition coefficient (Wildman–Crippen LogP) is 0.897. The second-order valence-electron chi connectivity index (χ2n) is 3.66. The molecule has 1 unspecified atom stereocenters. The summed E-state index contributed by atoms with van der Waals surface area (Å²) >= 11 is 1.38. The van der Waals surface area contributed by atoms with Crippen molar-refractivity contribution in [1.29, 1.82) is 0 Å². The van der Waals surface area contributed by atoms with E-state index in [0.29, 0.717) is 11.3 Å². The van der Waals surface area contributed by atoms with Crippen molar-refractivity contribution in [1.82, 2.24) is 15.3 Å². The summed E-state index contributed by atoms with van der Waals surface area (Å²) in [5, 5.41) is 15.0. The van der Waals surface area contributed by atoms with E-state index in [1.807, 2.05) is 0 Å². The molecule has 2 aromatic heterocycles. The highest BCUT2D eigenvalue weighted by atomic mass is 32.1. The molecule has 2 rings (SSSR count). The van der Waals surface area contributed by atoms with Gasteiger partial charge in [0.2, 0.25) is 0 Å². The van der Waals surface area contributed by atoms with Crippen LogP contribution in [0.2, 0.25) is 0 Å². The molecule has 0 spiro atoms. The van der Waals surface area contributed by atoms with Crippen molar-refractivity contribution in [2.24, 2.45) is 0 Å². The number of carbonyl (C=O) groups excluding carboxylic acids is 1. The number of nitrogens with zero attached hydrogens (tertiary/aromatic N) is 1. The Morgan fingerprint density at radius 1 is 1.56 bits per heavy atom. The Hall–Kier alpha value is -2.15. The molecule has 1 atom stereocenters. The highest BCUT2D eigenvalue weighted by Gasteiger charge is 2.21. The molecule has 0 saturated carbocycles. The number of H-pyrrole nitrogens is 1. The summed E-state index contributed by atoms with van der Waals surface area (Å²) in [6.45, 7) is 0. The number of hydrogen-bond donors (Lipinski definition) is 3. The maximum Gasteiger partial charge on any atom is 0.326 e. The van der Waals surface area contributed by atoms with E-state index in [2.05, 4.69) is 15.3 Å². The fraction of sp³-hybridized carbons (Fsp3) is 0.182. The third-order valence-electron chi connectivity index (χ3n) is 2.37. The number of amides is 1. The van der Waals surface area contributed by atoms with E-state index in [0.717, 1.165) is 0 Å². The van der Waals surface area contributed by atoms with E-state index in [9.17, 15) is 9.59 Å². The molecule has 2 heterocycles. The number of aliphatic carboxylic acids is 1. The lowest BCUT2D eigenvalue weighted by molar-refractivity contribution is -0.139. The van der Waals surface area contributed by atoms with Crippen molar-refractivity contribution in [2.45, 2.75) is 12.5 Å². The molecule has 2 aromatic rings. The second kappa shape index (κ2) is 5.46. The quantitative estimate of drug-likeness (QED) is 0.748. The van der Waals surface area contributed by atoms with Gasteiger partial charge in [0.05, 0.1) is 11.9 Å². The van der Waals surface area contributed by atoms with Gasteiger partial charge in [-0.25, -0.2) is 9.78 Å². The Kier molecular flexibility index (Phi) is 3.73. The molecule has 0 radical (unpaired) electrons. The van der Waals surface area contributed by atoms with E-state index < -0.39 is 12.0 Å². The summed E-state index contributed by atoms with van der Waals surface area (Å²) in [6, 6.07) is 0.674. The molecule has 0 aliphatic rings. The smallest absolute Gasteiger partial charge is 0.326 e. The Balaban J connectivity index is 2.03. The molecule has 0 bridgehead atoms. The number of imidazole rings is 1. The molecule has 1 amide bonds. The van der Waals surface area contributed by atoms with Gasteiger partial charge in [-0.2, -0.15) is 11.3 Å². The van der Waals surface area contributed by atoms with Crippen LogP contribution in [0.1, 0.15) is 16.1 Å². The normalized spacial score (nSPS) is 12.0. The summed E-state index contributed by atoms with van der Waals surface area (Å²) < 4.78 is 0. The van der Waals surface area contributed by atoms with Crippen LogP contribution in [0, 0.1) is 0 Å². The molecule has 0 aromatic carbocycles. The first-order chi connectivity index (χ1) is 8.66. The van der Waals surface area contributed by atoms with E-state index in [-0.39, 0.29) is 12.3 Å². The molecule has 6 nitrogen and oxygen atoms in total. The highest BCUT2D eigenvalue weighted by Crippen LogP contribution is 2.07. The Morgan fingerprint density at radius 2 is 2.39 bits per heavy atom. The minimum atomic E-state index is -1.08. The lowest BCUT2D eigenvalue weighted by Crippen LogP contribution is -2.42. The molecule has 0 aliphatic heterocycles. The monoisotopic (exact) mass is 265 g/mol. The van der Waals surface area contributed by atoms with Crippen LogP contribution < -0.4 is 5.32 Å². The Bertz CT molecular complexity index is 522. The minimum absolute atomic E-state index is 0.172. The molecule has 18 heavy (non-hydrogen) atoms. The van der Waals surface area contributed by atoms with Gasteiger partial charge in [0.15, 0.2) is 0 Å². The van der Waals surface area contributed by atoms with Crippen LogP contribution in [0.3, 0.4) is 0 Å². The maximum atomic E-state index is 11.8. The molecule has 7 heteroatoms. The van der Waals surface area contributed by atoms with Crippen molar-refractivity contribution in [3.63, 3.8) is 0 Å². The largest absolute Gasteiger partial charge is 0.480 e. The number of rotatable bonds is 5. The summed E-state index contributed by atoms with van der Waals surface area (Å²) in [6.07, 6.45) is 3.17. The van der Waals surface area contributed by atoms with Crippen LogP contribution in [0.15, 0.2) is 29.4 Å². The Morgan fingerprint density at radius 3 is 2.94 bits per heavy atom. The highest BCUT2D eigenvalue weighted by molar-refractivity contribution is 7.08. The number of aromatic amines is 1. The average molecular weight is 265 g/mol. The van der Waals surface area contributed by atoms with Crippen molar-refractivity contribution < 1.29 is 14.7 Å². The van der Waals surface area contributed by atoms with Gasteiger partial charge in [-0.05, 0) is 11.4 Å². The van der Waals surface area contributed by atoms with Crippen molar-refractivity contribution in [3.8, 4) is 0 Å². The summed E-state index contributed by atoms with van der Waals surface area (Å²) in [7, 11) is 0. The summed E-state index contributed by atoms with van der Waals surface area (Å²) in [4.78, 5) is 29.5. The van der Waals surface area contributed by atoms with Crippen molar-refractivity contribution in [2.75, 3.05) is 0 Å². The zero-order chi connectivity index (χ0) is 13.0. The molecule has 94 valence electrons. The Labute approximate surface area is 107 Å². The summed E-state index contributed by atoms with van der Waals surface area (Å²) in [5.41, 5.74) is 1.13. The lowest BCUT2D eigenvalue weighted by Gasteiger charge is -2.12. The predicted molar refractivity (Wildman–Crippen MR) is 65.5 cm³/mol. The van der Waals surface area contributed by atoms with E-state index in [4.69, 9.17) is 5.11 Å². The second-order valence-corrected chi connectivity index (χ2v) is 4.44. The number of aromatic nitrogens is 2. The van der Waals surface area contributed by atoms with E-state index >= 15 is 0 Å². The number of hydrogen-bond acceptors (Lipinski definition) is 4. The van der Waals surface area contributed by atoms with Gasteiger partial charge < -0.3 is 15.4 Å². The van der Waals surface area contributed by atoms with Gasteiger partial charge in [-0.15, -0.1) is 0 Å². The number of carboxylic acid groups (broad SMARTS) is 1. The van der Waals surface area contributed by atoms with Crippen molar-refractivity contribution >= 4 is 23.2 Å². The van der Waals surface area contributed by atoms with Gasteiger partial charge in [-0.1, -0.05) is 0 Å². The first-order valence-electron chi connectivity index (χ1n) is 5.20. The molecule has 3 N–H and O–H groups in total. The van der Waals surface area contributed by atoms with E-state index in [1.165, 1.54) is 23.9 Å². The number of carbonyl (C=O) groups is 2. The van der Waals surface area contributed by atoms with Gasteiger partial charge >= 0.3 is 5.97 Å². The number of carboxylic acids is 1. The molecule has 0 saturated heterocycles. The van der Waals surface area contributed by atoms with Crippen molar-refractivity contribution in [3.05, 3.63) is 40.6 Å².